The van der Waals surface area contributed by atoms with Gasteiger partial charge in [0, 0.05) is 16.1 Å². The second-order valence-corrected chi connectivity index (χ2v) is 4.88. The molecule has 0 fully saturated rings. The molecule has 0 heterocycles. The summed E-state index contributed by atoms with van der Waals surface area (Å²) in [4.78, 5) is 12.4. The van der Waals surface area contributed by atoms with E-state index >= 15 is 0 Å². The molecule has 2 rings (SSSR count). The smallest absolute Gasteiger partial charge is 0.193 e. The van der Waals surface area contributed by atoms with Gasteiger partial charge in [-0.3, -0.25) is 4.79 Å². The van der Waals surface area contributed by atoms with Crippen molar-refractivity contribution in [2.45, 2.75) is 13.8 Å². The first-order valence-electron chi connectivity index (χ1n) is 5.98. The maximum Gasteiger partial charge on any atom is 0.193 e. The molecule has 2 aromatic rings. The third kappa shape index (κ3) is 2.79. The van der Waals surface area contributed by atoms with Gasteiger partial charge in [0.05, 0.1) is 7.11 Å². The minimum absolute atomic E-state index is 0.0000743. The molecule has 0 atom stereocenters. The molecule has 19 heavy (non-hydrogen) atoms. The van der Waals surface area contributed by atoms with Crippen LogP contribution in [0.2, 0.25) is 5.02 Å². The highest BCUT2D eigenvalue weighted by Crippen LogP contribution is 2.22. The van der Waals surface area contributed by atoms with Crippen LogP contribution in [0.4, 0.5) is 0 Å². The molecule has 0 aromatic heterocycles. The van der Waals surface area contributed by atoms with Gasteiger partial charge < -0.3 is 4.74 Å². The van der Waals surface area contributed by atoms with Gasteiger partial charge in [-0.15, -0.1) is 0 Å². The Morgan fingerprint density at radius 1 is 1.05 bits per heavy atom. The van der Waals surface area contributed by atoms with Gasteiger partial charge in [-0.2, -0.15) is 0 Å². The summed E-state index contributed by atoms with van der Waals surface area (Å²) in [5.41, 5.74) is 3.13. The number of ether oxygens (including phenoxy) is 1. The van der Waals surface area contributed by atoms with Crippen LogP contribution in [-0.4, -0.2) is 12.9 Å². The number of carbonyl (C=O) groups excluding carboxylic acids is 1. The molecule has 0 N–H and O–H groups in total. The molecule has 0 bridgehead atoms. The summed E-state index contributed by atoms with van der Waals surface area (Å²) in [7, 11) is 1.61. The number of aryl methyl sites for hydroxylation is 2. The van der Waals surface area contributed by atoms with Crippen molar-refractivity contribution in [3.63, 3.8) is 0 Å². The third-order valence-corrected chi connectivity index (χ3v) is 3.52. The Bertz CT molecular complexity index is 633. The second kappa shape index (κ2) is 5.45. The number of rotatable bonds is 3. The highest BCUT2D eigenvalue weighted by atomic mass is 35.5. The standard InChI is InChI=1S/C16H15ClO2/c1-10-9-13(19-3)5-6-14(10)16(18)12-4-7-15(17)11(2)8-12/h4-9H,1-3H3. The van der Waals surface area contributed by atoms with E-state index in [9.17, 15) is 4.79 Å². The van der Waals surface area contributed by atoms with Crippen LogP contribution in [0.15, 0.2) is 36.4 Å². The zero-order chi connectivity index (χ0) is 14.0. The first-order chi connectivity index (χ1) is 9.02. The van der Waals surface area contributed by atoms with Gasteiger partial charge in [-0.05, 0) is 61.4 Å². The maximum absolute atomic E-state index is 12.4. The average Bonchev–Trinajstić information content (AvgIpc) is 2.41. The highest BCUT2D eigenvalue weighted by Gasteiger charge is 2.13. The molecule has 0 saturated heterocycles. The van der Waals surface area contributed by atoms with Gasteiger partial charge in [0.2, 0.25) is 0 Å². The largest absolute Gasteiger partial charge is 0.497 e. The molecule has 0 unspecified atom stereocenters. The topological polar surface area (TPSA) is 26.3 Å². The number of benzene rings is 2. The summed E-state index contributed by atoms with van der Waals surface area (Å²) in [5.74, 6) is 0.751. The van der Waals surface area contributed by atoms with E-state index in [1.54, 1.807) is 31.4 Å². The Balaban J connectivity index is 2.41. The van der Waals surface area contributed by atoms with Crippen molar-refractivity contribution in [2.24, 2.45) is 0 Å². The van der Waals surface area contributed by atoms with Crippen molar-refractivity contribution in [1.82, 2.24) is 0 Å². The molecule has 0 aliphatic heterocycles. The Morgan fingerprint density at radius 3 is 2.37 bits per heavy atom. The van der Waals surface area contributed by atoms with Crippen molar-refractivity contribution in [1.29, 1.82) is 0 Å². The number of hydrogen-bond acceptors (Lipinski definition) is 2. The molecule has 0 radical (unpaired) electrons. The molecule has 0 saturated carbocycles. The number of methoxy groups -OCH3 is 1. The predicted molar refractivity (Wildman–Crippen MR) is 77.4 cm³/mol. The first-order valence-corrected chi connectivity index (χ1v) is 6.36. The van der Waals surface area contributed by atoms with Crippen LogP contribution in [-0.2, 0) is 0 Å². The van der Waals surface area contributed by atoms with Crippen molar-refractivity contribution < 1.29 is 9.53 Å². The molecule has 0 aliphatic rings. The number of ketones is 1. The Hall–Kier alpha value is -1.80. The number of halogens is 1. The molecule has 0 amide bonds. The third-order valence-electron chi connectivity index (χ3n) is 3.10. The van der Waals surface area contributed by atoms with E-state index in [1.165, 1.54) is 0 Å². The molecular weight excluding hydrogens is 260 g/mol. The van der Waals surface area contributed by atoms with Crippen LogP contribution in [0.25, 0.3) is 0 Å². The van der Waals surface area contributed by atoms with Crippen LogP contribution in [0.1, 0.15) is 27.0 Å². The van der Waals surface area contributed by atoms with Crippen LogP contribution >= 0.6 is 11.6 Å². The minimum Gasteiger partial charge on any atom is -0.497 e. The lowest BCUT2D eigenvalue weighted by Gasteiger charge is -2.08. The lowest BCUT2D eigenvalue weighted by atomic mass is 9.98. The minimum atomic E-state index is -0.0000743. The number of carbonyl (C=O) groups is 1. The summed E-state index contributed by atoms with van der Waals surface area (Å²) in [6, 6.07) is 10.8. The van der Waals surface area contributed by atoms with E-state index in [2.05, 4.69) is 0 Å². The summed E-state index contributed by atoms with van der Waals surface area (Å²) >= 11 is 5.97. The van der Waals surface area contributed by atoms with Gasteiger partial charge in [0.1, 0.15) is 5.75 Å². The van der Waals surface area contributed by atoms with Crippen molar-refractivity contribution in [3.8, 4) is 5.75 Å². The SMILES string of the molecule is COc1ccc(C(=O)c2ccc(Cl)c(C)c2)c(C)c1. The quantitative estimate of drug-likeness (QED) is 0.784. The van der Waals surface area contributed by atoms with E-state index in [0.29, 0.717) is 16.1 Å². The van der Waals surface area contributed by atoms with Crippen molar-refractivity contribution in [2.75, 3.05) is 7.11 Å². The zero-order valence-electron chi connectivity index (χ0n) is 11.2. The monoisotopic (exact) mass is 274 g/mol. The fourth-order valence-electron chi connectivity index (χ4n) is 1.96. The Kier molecular flexibility index (Phi) is 3.91. The van der Waals surface area contributed by atoms with Crippen LogP contribution in [0.5, 0.6) is 5.75 Å². The fraction of sp³-hybridized carbons (Fsp3) is 0.188. The van der Waals surface area contributed by atoms with Crippen molar-refractivity contribution in [3.05, 3.63) is 63.7 Å². The molecular formula is C16H15ClO2. The van der Waals surface area contributed by atoms with E-state index < -0.39 is 0 Å². The predicted octanol–water partition coefficient (Wildman–Crippen LogP) is 4.20. The fourth-order valence-corrected chi connectivity index (χ4v) is 2.08. The first kappa shape index (κ1) is 13.6. The summed E-state index contributed by atoms with van der Waals surface area (Å²) in [6.07, 6.45) is 0. The molecule has 2 aromatic carbocycles. The average molecular weight is 275 g/mol. The molecule has 3 heteroatoms. The van der Waals surface area contributed by atoms with Gasteiger partial charge in [-0.1, -0.05) is 11.6 Å². The molecule has 0 spiro atoms. The lowest BCUT2D eigenvalue weighted by molar-refractivity contribution is 0.103. The summed E-state index contributed by atoms with van der Waals surface area (Å²) < 4.78 is 5.14. The van der Waals surface area contributed by atoms with E-state index in [-0.39, 0.29) is 5.78 Å². The van der Waals surface area contributed by atoms with Gasteiger partial charge in [0.15, 0.2) is 5.78 Å². The van der Waals surface area contributed by atoms with Crippen LogP contribution in [0.3, 0.4) is 0 Å². The maximum atomic E-state index is 12.4. The lowest BCUT2D eigenvalue weighted by Crippen LogP contribution is -2.04. The van der Waals surface area contributed by atoms with Gasteiger partial charge in [-0.25, -0.2) is 0 Å². The molecule has 0 aliphatic carbocycles. The summed E-state index contributed by atoms with van der Waals surface area (Å²) in [5, 5.41) is 0.669. The van der Waals surface area contributed by atoms with Crippen molar-refractivity contribution >= 4 is 17.4 Å². The Labute approximate surface area is 118 Å². The van der Waals surface area contributed by atoms with Crippen LogP contribution < -0.4 is 4.74 Å². The second-order valence-electron chi connectivity index (χ2n) is 4.47. The Morgan fingerprint density at radius 2 is 1.79 bits per heavy atom. The van der Waals surface area contributed by atoms with E-state index in [0.717, 1.165) is 16.9 Å². The normalized spacial score (nSPS) is 10.3. The summed E-state index contributed by atoms with van der Waals surface area (Å²) in [6.45, 7) is 3.79. The molecule has 2 nitrogen and oxygen atoms in total. The van der Waals surface area contributed by atoms with E-state index in [4.69, 9.17) is 16.3 Å². The van der Waals surface area contributed by atoms with Gasteiger partial charge >= 0.3 is 0 Å². The highest BCUT2D eigenvalue weighted by molar-refractivity contribution is 6.31. The van der Waals surface area contributed by atoms with Crippen LogP contribution in [0, 0.1) is 13.8 Å². The van der Waals surface area contributed by atoms with E-state index in [1.807, 2.05) is 26.0 Å². The molecule has 98 valence electrons. The zero-order valence-corrected chi connectivity index (χ0v) is 11.9. The number of hydrogen-bond donors (Lipinski definition) is 0. The van der Waals surface area contributed by atoms with Gasteiger partial charge in [0.25, 0.3) is 0 Å².